The molecule has 3 nitrogen and oxygen atoms in total. The first-order valence-electron chi connectivity index (χ1n) is 7.53. The summed E-state index contributed by atoms with van der Waals surface area (Å²) in [6.45, 7) is 2.67. The lowest BCUT2D eigenvalue weighted by atomic mass is 9.77. The van der Waals surface area contributed by atoms with Crippen molar-refractivity contribution in [3.8, 4) is 5.75 Å². The molecule has 1 fully saturated rings. The zero-order valence-electron chi connectivity index (χ0n) is 12.1. The van der Waals surface area contributed by atoms with E-state index in [0.29, 0.717) is 23.7 Å². The molecule has 20 heavy (non-hydrogen) atoms. The molecule has 0 unspecified atom stereocenters. The molecule has 0 saturated heterocycles. The Bertz CT molecular complexity index is 462. The van der Waals surface area contributed by atoms with Crippen LogP contribution in [0.3, 0.4) is 0 Å². The Morgan fingerprint density at radius 3 is 2.65 bits per heavy atom. The molecule has 0 spiro atoms. The third-order valence-corrected chi connectivity index (χ3v) is 4.38. The Morgan fingerprint density at radius 2 is 2.05 bits per heavy atom. The third-order valence-electron chi connectivity index (χ3n) is 4.38. The standard InChI is InChI=1S/C17H23NO2/c1-2-3-13-4-6-14(7-5-13)15-8-9-17(20-12-19)16(10-15)11-18/h8-14,18H,2-7H2,1H3. The molecule has 0 amide bonds. The normalized spacial score (nSPS) is 22.2. The minimum Gasteiger partial charge on any atom is -0.428 e. The second kappa shape index (κ2) is 7.22. The lowest BCUT2D eigenvalue weighted by Crippen LogP contribution is -2.13. The van der Waals surface area contributed by atoms with Crippen molar-refractivity contribution in [3.63, 3.8) is 0 Å². The van der Waals surface area contributed by atoms with E-state index in [1.54, 1.807) is 0 Å². The summed E-state index contributed by atoms with van der Waals surface area (Å²) in [5.41, 5.74) is 1.96. The largest absolute Gasteiger partial charge is 0.428 e. The third kappa shape index (κ3) is 3.47. The number of carbonyl (C=O) groups excluding carboxylic acids is 1. The van der Waals surface area contributed by atoms with Gasteiger partial charge in [-0.25, -0.2) is 0 Å². The van der Waals surface area contributed by atoms with Crippen molar-refractivity contribution in [1.29, 1.82) is 5.41 Å². The van der Waals surface area contributed by atoms with Gasteiger partial charge in [-0.2, -0.15) is 0 Å². The van der Waals surface area contributed by atoms with Crippen LogP contribution < -0.4 is 4.74 Å². The van der Waals surface area contributed by atoms with Crippen LogP contribution >= 0.6 is 0 Å². The summed E-state index contributed by atoms with van der Waals surface area (Å²) >= 11 is 0. The zero-order valence-corrected chi connectivity index (χ0v) is 12.1. The summed E-state index contributed by atoms with van der Waals surface area (Å²) < 4.78 is 4.89. The van der Waals surface area contributed by atoms with Gasteiger partial charge in [0.05, 0.1) is 0 Å². The van der Waals surface area contributed by atoms with E-state index in [-0.39, 0.29) is 0 Å². The molecular formula is C17H23NO2. The molecule has 1 saturated carbocycles. The number of benzene rings is 1. The average Bonchev–Trinajstić information content (AvgIpc) is 2.49. The van der Waals surface area contributed by atoms with Gasteiger partial charge < -0.3 is 10.1 Å². The van der Waals surface area contributed by atoms with E-state index in [4.69, 9.17) is 10.1 Å². The van der Waals surface area contributed by atoms with Gasteiger partial charge in [0.15, 0.2) is 0 Å². The second-order valence-electron chi connectivity index (χ2n) is 5.66. The van der Waals surface area contributed by atoms with E-state index in [0.717, 1.165) is 5.92 Å². The number of hydrogen-bond acceptors (Lipinski definition) is 3. The van der Waals surface area contributed by atoms with Crippen molar-refractivity contribution < 1.29 is 9.53 Å². The maximum Gasteiger partial charge on any atom is 0.298 e. The molecule has 0 radical (unpaired) electrons. The summed E-state index contributed by atoms with van der Waals surface area (Å²) in [4.78, 5) is 10.4. The van der Waals surface area contributed by atoms with Gasteiger partial charge in [0, 0.05) is 11.8 Å². The highest BCUT2D eigenvalue weighted by molar-refractivity contribution is 5.82. The second-order valence-corrected chi connectivity index (χ2v) is 5.66. The van der Waals surface area contributed by atoms with Crippen LogP contribution in [0.15, 0.2) is 18.2 Å². The Balaban J connectivity index is 2.06. The molecule has 0 atom stereocenters. The molecular weight excluding hydrogens is 250 g/mol. The maximum atomic E-state index is 10.4. The summed E-state index contributed by atoms with van der Waals surface area (Å²) in [6.07, 6.45) is 8.97. The number of carbonyl (C=O) groups is 1. The monoisotopic (exact) mass is 273 g/mol. The Morgan fingerprint density at radius 1 is 1.30 bits per heavy atom. The van der Waals surface area contributed by atoms with E-state index in [9.17, 15) is 4.79 Å². The topological polar surface area (TPSA) is 50.2 Å². The average molecular weight is 273 g/mol. The van der Waals surface area contributed by atoms with Gasteiger partial charge in [-0.05, 0) is 55.2 Å². The molecule has 0 heterocycles. The first kappa shape index (κ1) is 14.8. The first-order chi connectivity index (χ1) is 9.78. The van der Waals surface area contributed by atoms with Gasteiger partial charge in [-0.3, -0.25) is 4.79 Å². The summed E-state index contributed by atoms with van der Waals surface area (Å²) in [7, 11) is 0. The number of rotatable bonds is 6. The van der Waals surface area contributed by atoms with Gasteiger partial charge in [0.2, 0.25) is 0 Å². The van der Waals surface area contributed by atoms with E-state index < -0.39 is 0 Å². The highest BCUT2D eigenvalue weighted by Gasteiger charge is 2.22. The van der Waals surface area contributed by atoms with E-state index in [2.05, 4.69) is 6.92 Å². The lowest BCUT2D eigenvalue weighted by Gasteiger charge is -2.28. The number of nitrogens with one attached hydrogen (secondary N) is 1. The van der Waals surface area contributed by atoms with E-state index >= 15 is 0 Å². The zero-order chi connectivity index (χ0) is 14.4. The van der Waals surface area contributed by atoms with Gasteiger partial charge in [-0.1, -0.05) is 25.8 Å². The van der Waals surface area contributed by atoms with Crippen LogP contribution in [-0.2, 0) is 4.79 Å². The molecule has 3 heteroatoms. The highest BCUT2D eigenvalue weighted by Crippen LogP contribution is 2.38. The predicted molar refractivity (Wildman–Crippen MR) is 80.6 cm³/mol. The van der Waals surface area contributed by atoms with Crippen LogP contribution in [0.2, 0.25) is 0 Å². The SMILES string of the molecule is CCCC1CCC(c2ccc(OC=O)c(C=N)c2)CC1. The highest BCUT2D eigenvalue weighted by atomic mass is 16.5. The van der Waals surface area contributed by atoms with Gasteiger partial charge >= 0.3 is 0 Å². The molecule has 1 N–H and O–H groups in total. The smallest absolute Gasteiger partial charge is 0.298 e. The van der Waals surface area contributed by atoms with Crippen LogP contribution in [-0.4, -0.2) is 12.7 Å². The van der Waals surface area contributed by atoms with Crippen molar-refractivity contribution in [3.05, 3.63) is 29.3 Å². The Hall–Kier alpha value is -1.64. The van der Waals surface area contributed by atoms with Crippen LogP contribution in [0.1, 0.15) is 62.5 Å². The summed E-state index contributed by atoms with van der Waals surface area (Å²) in [5, 5.41) is 7.44. The minimum atomic E-state index is 0.415. The van der Waals surface area contributed by atoms with E-state index in [1.165, 1.54) is 50.3 Å². The Kier molecular flexibility index (Phi) is 5.33. The fourth-order valence-electron chi connectivity index (χ4n) is 3.29. The summed E-state index contributed by atoms with van der Waals surface area (Å²) in [6, 6.07) is 5.84. The predicted octanol–water partition coefficient (Wildman–Crippen LogP) is 4.29. The van der Waals surface area contributed by atoms with Crippen molar-refractivity contribution >= 4 is 12.7 Å². The van der Waals surface area contributed by atoms with Crippen LogP contribution in [0.25, 0.3) is 0 Å². The Labute approximate surface area is 120 Å². The molecule has 0 aliphatic heterocycles. The quantitative estimate of drug-likeness (QED) is 0.620. The minimum absolute atomic E-state index is 0.415. The number of hydrogen-bond donors (Lipinski definition) is 1. The first-order valence-corrected chi connectivity index (χ1v) is 7.53. The molecule has 1 aromatic rings. The lowest BCUT2D eigenvalue weighted by molar-refractivity contribution is -0.120. The van der Waals surface area contributed by atoms with Crippen molar-refractivity contribution in [1.82, 2.24) is 0 Å². The molecule has 2 rings (SSSR count). The van der Waals surface area contributed by atoms with Gasteiger partial charge in [-0.15, -0.1) is 0 Å². The molecule has 0 bridgehead atoms. The maximum absolute atomic E-state index is 10.4. The van der Waals surface area contributed by atoms with Gasteiger partial charge in [0.25, 0.3) is 6.47 Å². The fraction of sp³-hybridized carbons (Fsp3) is 0.529. The van der Waals surface area contributed by atoms with Crippen LogP contribution in [0.5, 0.6) is 5.75 Å². The fourth-order valence-corrected chi connectivity index (χ4v) is 3.29. The molecule has 1 aliphatic rings. The number of ether oxygens (including phenoxy) is 1. The molecule has 0 aromatic heterocycles. The van der Waals surface area contributed by atoms with Crippen LogP contribution in [0, 0.1) is 11.3 Å². The molecule has 108 valence electrons. The van der Waals surface area contributed by atoms with Crippen molar-refractivity contribution in [2.75, 3.05) is 0 Å². The summed E-state index contributed by atoms with van der Waals surface area (Å²) in [5.74, 6) is 1.96. The van der Waals surface area contributed by atoms with Crippen LogP contribution in [0.4, 0.5) is 0 Å². The van der Waals surface area contributed by atoms with Crippen molar-refractivity contribution in [2.45, 2.75) is 51.4 Å². The molecule has 1 aliphatic carbocycles. The van der Waals surface area contributed by atoms with Crippen molar-refractivity contribution in [2.24, 2.45) is 5.92 Å². The molecule has 1 aromatic carbocycles. The van der Waals surface area contributed by atoms with Gasteiger partial charge in [0.1, 0.15) is 5.75 Å². The van der Waals surface area contributed by atoms with E-state index in [1.807, 2.05) is 18.2 Å².